The molecule has 1 heterocycles. The third-order valence-corrected chi connectivity index (χ3v) is 3.77. The van der Waals surface area contributed by atoms with Gasteiger partial charge in [-0.15, -0.1) is 0 Å². The second-order valence-corrected chi connectivity index (χ2v) is 5.34. The van der Waals surface area contributed by atoms with Gasteiger partial charge in [0, 0.05) is 13.1 Å². The molecule has 0 spiro atoms. The van der Waals surface area contributed by atoms with E-state index in [1.165, 1.54) is 4.90 Å². The van der Waals surface area contributed by atoms with E-state index in [-0.39, 0.29) is 12.5 Å². The van der Waals surface area contributed by atoms with Crippen LogP contribution in [0.5, 0.6) is 0 Å². The van der Waals surface area contributed by atoms with Crippen LogP contribution in [-0.4, -0.2) is 30.0 Å². The highest BCUT2D eigenvalue weighted by molar-refractivity contribution is 5.88. The van der Waals surface area contributed by atoms with Gasteiger partial charge in [-0.2, -0.15) is 0 Å². The molecule has 5 heteroatoms. The smallest absolute Gasteiger partial charge is 0.411 e. The third kappa shape index (κ3) is 3.51. The second-order valence-electron chi connectivity index (χ2n) is 5.34. The zero-order valence-corrected chi connectivity index (χ0v) is 12.6. The summed E-state index contributed by atoms with van der Waals surface area (Å²) in [6.45, 7) is 1.06. The van der Waals surface area contributed by atoms with Crippen molar-refractivity contribution in [3.05, 3.63) is 71.8 Å². The summed E-state index contributed by atoms with van der Waals surface area (Å²) in [5.41, 5.74) is 1.69. The number of carbonyl (C=O) groups excluding carboxylic acids is 2. The van der Waals surface area contributed by atoms with Gasteiger partial charge in [0.25, 0.3) is 0 Å². The highest BCUT2D eigenvalue weighted by Gasteiger charge is 2.35. The number of nitrogens with one attached hydrogen (secondary N) is 1. The fourth-order valence-electron chi connectivity index (χ4n) is 2.63. The van der Waals surface area contributed by atoms with Gasteiger partial charge in [0.1, 0.15) is 12.6 Å². The van der Waals surface area contributed by atoms with Crippen LogP contribution in [0.2, 0.25) is 0 Å². The van der Waals surface area contributed by atoms with Crippen molar-refractivity contribution in [3.8, 4) is 0 Å². The number of nitrogens with zero attached hydrogens (tertiary/aromatic N) is 1. The zero-order valence-electron chi connectivity index (χ0n) is 12.6. The molecule has 0 saturated carbocycles. The molecule has 1 atom stereocenters. The van der Waals surface area contributed by atoms with E-state index in [2.05, 4.69) is 5.32 Å². The van der Waals surface area contributed by atoms with E-state index in [9.17, 15) is 9.59 Å². The Labute approximate surface area is 134 Å². The summed E-state index contributed by atoms with van der Waals surface area (Å²) in [7, 11) is 0. The Kier molecular flexibility index (Phi) is 4.57. The topological polar surface area (TPSA) is 58.6 Å². The summed E-state index contributed by atoms with van der Waals surface area (Å²) in [5, 5.41) is 2.80. The predicted octanol–water partition coefficient (Wildman–Crippen LogP) is 2.50. The molecule has 2 aromatic carbocycles. The van der Waals surface area contributed by atoms with E-state index < -0.39 is 12.1 Å². The number of hydrogen-bond donors (Lipinski definition) is 1. The average molecular weight is 310 g/mol. The molecule has 1 unspecified atom stereocenters. The molecule has 118 valence electrons. The lowest BCUT2D eigenvalue weighted by Gasteiger charge is -2.34. The zero-order chi connectivity index (χ0) is 16.1. The van der Waals surface area contributed by atoms with Crippen LogP contribution in [0.25, 0.3) is 0 Å². The standard InChI is InChI=1S/C18H18N2O3/c21-17-16(15-9-5-2-6-10-15)20(12-11-19-17)18(22)23-13-14-7-3-1-4-8-14/h1-10,16H,11-13H2,(H,19,21). The lowest BCUT2D eigenvalue weighted by Crippen LogP contribution is -2.52. The maximum absolute atomic E-state index is 12.4. The lowest BCUT2D eigenvalue weighted by atomic mass is 10.0. The van der Waals surface area contributed by atoms with Gasteiger partial charge in [0.15, 0.2) is 0 Å². The van der Waals surface area contributed by atoms with Gasteiger partial charge in [0.2, 0.25) is 5.91 Å². The number of piperazine rings is 1. The van der Waals surface area contributed by atoms with Crippen molar-refractivity contribution in [1.82, 2.24) is 10.2 Å². The van der Waals surface area contributed by atoms with E-state index >= 15 is 0 Å². The maximum Gasteiger partial charge on any atom is 0.411 e. The first-order valence-corrected chi connectivity index (χ1v) is 7.55. The van der Waals surface area contributed by atoms with Gasteiger partial charge in [-0.1, -0.05) is 60.7 Å². The van der Waals surface area contributed by atoms with Crippen LogP contribution in [0, 0.1) is 0 Å². The van der Waals surface area contributed by atoms with E-state index in [0.29, 0.717) is 13.1 Å². The van der Waals surface area contributed by atoms with E-state index in [1.54, 1.807) is 0 Å². The van der Waals surface area contributed by atoms with E-state index in [4.69, 9.17) is 4.74 Å². The van der Waals surface area contributed by atoms with Gasteiger partial charge < -0.3 is 10.1 Å². The Morgan fingerprint density at radius 3 is 2.43 bits per heavy atom. The van der Waals surface area contributed by atoms with Crippen LogP contribution in [0.15, 0.2) is 60.7 Å². The minimum absolute atomic E-state index is 0.181. The summed E-state index contributed by atoms with van der Waals surface area (Å²) in [5.74, 6) is -0.181. The third-order valence-electron chi connectivity index (χ3n) is 3.77. The number of benzene rings is 2. The van der Waals surface area contributed by atoms with Gasteiger partial charge in [-0.25, -0.2) is 4.79 Å². The Balaban J connectivity index is 1.73. The summed E-state index contributed by atoms with van der Waals surface area (Å²) in [4.78, 5) is 26.1. The number of carbonyl (C=O) groups is 2. The van der Waals surface area contributed by atoms with Crippen LogP contribution in [0.1, 0.15) is 17.2 Å². The van der Waals surface area contributed by atoms with E-state index in [0.717, 1.165) is 11.1 Å². The van der Waals surface area contributed by atoms with Crippen molar-refractivity contribution >= 4 is 12.0 Å². The van der Waals surface area contributed by atoms with Gasteiger partial charge >= 0.3 is 6.09 Å². The van der Waals surface area contributed by atoms with E-state index in [1.807, 2.05) is 60.7 Å². The molecular formula is C18H18N2O3. The minimum atomic E-state index is -0.645. The Bertz CT molecular complexity index is 673. The van der Waals surface area contributed by atoms with Crippen molar-refractivity contribution < 1.29 is 14.3 Å². The Morgan fingerprint density at radius 2 is 1.74 bits per heavy atom. The first-order valence-electron chi connectivity index (χ1n) is 7.55. The molecule has 0 aliphatic carbocycles. The molecule has 23 heavy (non-hydrogen) atoms. The van der Waals surface area contributed by atoms with Crippen LogP contribution >= 0.6 is 0 Å². The van der Waals surface area contributed by atoms with Crippen molar-refractivity contribution in [2.75, 3.05) is 13.1 Å². The Morgan fingerprint density at radius 1 is 1.09 bits per heavy atom. The number of rotatable bonds is 3. The monoisotopic (exact) mass is 310 g/mol. The quantitative estimate of drug-likeness (QED) is 0.947. The maximum atomic E-state index is 12.4. The molecule has 5 nitrogen and oxygen atoms in total. The molecule has 1 N–H and O–H groups in total. The van der Waals surface area contributed by atoms with Gasteiger partial charge in [0.05, 0.1) is 0 Å². The SMILES string of the molecule is O=C1NCCN(C(=O)OCc2ccccc2)C1c1ccccc1. The molecule has 1 aliphatic heterocycles. The molecule has 2 aromatic rings. The van der Waals surface area contributed by atoms with Crippen LogP contribution in [0.3, 0.4) is 0 Å². The van der Waals surface area contributed by atoms with Crippen LogP contribution < -0.4 is 5.32 Å². The molecule has 3 rings (SSSR count). The molecule has 0 bridgehead atoms. The minimum Gasteiger partial charge on any atom is -0.445 e. The largest absolute Gasteiger partial charge is 0.445 e. The highest BCUT2D eigenvalue weighted by Crippen LogP contribution is 2.24. The lowest BCUT2D eigenvalue weighted by molar-refractivity contribution is -0.128. The average Bonchev–Trinajstić information content (AvgIpc) is 2.61. The molecule has 2 amide bonds. The first-order chi connectivity index (χ1) is 11.3. The summed E-state index contributed by atoms with van der Waals surface area (Å²) in [6.07, 6.45) is -0.474. The number of hydrogen-bond acceptors (Lipinski definition) is 3. The summed E-state index contributed by atoms with van der Waals surface area (Å²) < 4.78 is 5.37. The van der Waals surface area contributed by atoms with Gasteiger partial charge in [-0.3, -0.25) is 9.69 Å². The van der Waals surface area contributed by atoms with Crippen LogP contribution in [0.4, 0.5) is 4.79 Å². The van der Waals surface area contributed by atoms with Gasteiger partial charge in [-0.05, 0) is 11.1 Å². The summed E-state index contributed by atoms with van der Waals surface area (Å²) in [6, 6.07) is 18.1. The number of ether oxygens (including phenoxy) is 1. The Hall–Kier alpha value is -2.82. The molecule has 1 aliphatic rings. The summed E-state index contributed by atoms with van der Waals surface area (Å²) >= 11 is 0. The number of amides is 2. The normalized spacial score (nSPS) is 17.5. The molecule has 0 radical (unpaired) electrons. The predicted molar refractivity (Wildman–Crippen MR) is 85.5 cm³/mol. The molecule has 1 fully saturated rings. The van der Waals surface area contributed by atoms with Crippen molar-refractivity contribution in [3.63, 3.8) is 0 Å². The second kappa shape index (κ2) is 6.96. The van der Waals surface area contributed by atoms with Crippen molar-refractivity contribution in [1.29, 1.82) is 0 Å². The highest BCUT2D eigenvalue weighted by atomic mass is 16.6. The van der Waals surface area contributed by atoms with Crippen molar-refractivity contribution in [2.45, 2.75) is 12.6 Å². The van der Waals surface area contributed by atoms with Crippen molar-refractivity contribution in [2.24, 2.45) is 0 Å². The first kappa shape index (κ1) is 15.1. The fraction of sp³-hybridized carbons (Fsp3) is 0.222. The molecule has 1 saturated heterocycles. The van der Waals surface area contributed by atoms with Crippen LogP contribution in [-0.2, 0) is 16.1 Å². The molecular weight excluding hydrogens is 292 g/mol. The molecule has 0 aromatic heterocycles. The fourth-order valence-corrected chi connectivity index (χ4v) is 2.63.